The molecule has 0 fully saturated rings. The highest BCUT2D eigenvalue weighted by atomic mass is 16.5. The van der Waals surface area contributed by atoms with Crippen molar-refractivity contribution in [3.63, 3.8) is 0 Å². The van der Waals surface area contributed by atoms with Gasteiger partial charge in [-0.2, -0.15) is 0 Å². The fourth-order valence-electron chi connectivity index (χ4n) is 2.52. The normalized spacial score (nSPS) is 13.6. The molecule has 3 rings (SSSR count). The second-order valence-electron chi connectivity index (χ2n) is 5.30. The molecule has 126 valence electrons. The van der Waals surface area contributed by atoms with Crippen LogP contribution in [0.2, 0.25) is 0 Å². The van der Waals surface area contributed by atoms with E-state index in [2.05, 4.69) is 20.3 Å². The van der Waals surface area contributed by atoms with Gasteiger partial charge < -0.3 is 10.6 Å². The lowest BCUT2D eigenvalue weighted by atomic mass is 10.0. The van der Waals surface area contributed by atoms with Gasteiger partial charge in [0.25, 0.3) is 0 Å². The Labute approximate surface area is 144 Å². The van der Waals surface area contributed by atoms with Gasteiger partial charge in [0.05, 0.1) is 18.0 Å². The maximum atomic E-state index is 12.1. The third-order valence-electron chi connectivity index (χ3n) is 3.63. The van der Waals surface area contributed by atoms with E-state index in [4.69, 9.17) is 10.6 Å². The van der Waals surface area contributed by atoms with Gasteiger partial charge in [0.1, 0.15) is 0 Å². The SMILES string of the molecule is CCOC(=O)C1=Cc2ccc(-c3ccccn3)cc2N=C(N=NN)C1. The Kier molecular flexibility index (Phi) is 4.94. The van der Waals surface area contributed by atoms with E-state index >= 15 is 0 Å². The van der Waals surface area contributed by atoms with E-state index in [-0.39, 0.29) is 6.42 Å². The molecular formula is C18H17N5O2. The lowest BCUT2D eigenvalue weighted by molar-refractivity contribution is -0.138. The van der Waals surface area contributed by atoms with Gasteiger partial charge in [-0.3, -0.25) is 4.98 Å². The maximum absolute atomic E-state index is 12.1. The summed E-state index contributed by atoms with van der Waals surface area (Å²) in [4.78, 5) is 21.0. The molecule has 2 aromatic rings. The van der Waals surface area contributed by atoms with Gasteiger partial charge in [0.15, 0.2) is 5.84 Å². The summed E-state index contributed by atoms with van der Waals surface area (Å²) in [6.07, 6.45) is 3.70. The van der Waals surface area contributed by atoms with E-state index in [0.717, 1.165) is 16.8 Å². The van der Waals surface area contributed by atoms with E-state index < -0.39 is 5.97 Å². The standard InChI is InChI=1S/C18H17N5O2/c1-2-25-18(24)14-9-12-6-7-13(15-5-3-4-8-20-15)10-16(12)21-17(11-14)22-23-19/h3-10H,2,11H2,1H3,(H2,19,21,22). The number of nitrogens with two attached hydrogens (primary N) is 1. The molecule has 0 unspecified atom stereocenters. The Bertz CT molecular complexity index is 872. The van der Waals surface area contributed by atoms with Gasteiger partial charge in [0, 0.05) is 29.3 Å². The highest BCUT2D eigenvalue weighted by molar-refractivity contribution is 6.03. The average molecular weight is 335 g/mol. The van der Waals surface area contributed by atoms with Crippen molar-refractivity contribution < 1.29 is 9.53 Å². The van der Waals surface area contributed by atoms with Crippen molar-refractivity contribution in [1.82, 2.24) is 4.98 Å². The Morgan fingerprint density at radius 2 is 2.20 bits per heavy atom. The second-order valence-corrected chi connectivity index (χ2v) is 5.30. The number of carbonyl (C=O) groups excluding carboxylic acids is 1. The Hall–Kier alpha value is -3.35. The summed E-state index contributed by atoms with van der Waals surface area (Å²) in [7, 11) is 0. The number of rotatable bonds is 3. The highest BCUT2D eigenvalue weighted by Crippen LogP contribution is 2.31. The minimum atomic E-state index is -0.399. The molecule has 0 amide bonds. The van der Waals surface area contributed by atoms with E-state index in [1.165, 1.54) is 0 Å². The quantitative estimate of drug-likeness (QED) is 0.401. The minimum Gasteiger partial charge on any atom is -0.463 e. The molecule has 0 spiro atoms. The summed E-state index contributed by atoms with van der Waals surface area (Å²) in [5.41, 5.74) is 3.67. The van der Waals surface area contributed by atoms with E-state index in [1.54, 1.807) is 19.2 Å². The lowest BCUT2D eigenvalue weighted by Gasteiger charge is -2.05. The van der Waals surface area contributed by atoms with Crippen LogP contribution in [-0.2, 0) is 9.53 Å². The summed E-state index contributed by atoms with van der Waals surface area (Å²) in [5.74, 6) is 5.11. The number of pyridine rings is 1. The second kappa shape index (κ2) is 7.48. The van der Waals surface area contributed by atoms with Crippen molar-refractivity contribution in [1.29, 1.82) is 0 Å². The molecule has 0 aliphatic carbocycles. The molecule has 0 bridgehead atoms. The van der Waals surface area contributed by atoms with Crippen LogP contribution in [0.1, 0.15) is 18.9 Å². The van der Waals surface area contributed by atoms with Crippen LogP contribution in [0.15, 0.2) is 63.5 Å². The van der Waals surface area contributed by atoms with Crippen molar-refractivity contribution in [3.8, 4) is 11.3 Å². The van der Waals surface area contributed by atoms with Crippen LogP contribution in [0.25, 0.3) is 17.3 Å². The number of hydrogen-bond acceptors (Lipinski definition) is 6. The summed E-state index contributed by atoms with van der Waals surface area (Å²) in [6.45, 7) is 2.06. The smallest absolute Gasteiger partial charge is 0.334 e. The zero-order chi connectivity index (χ0) is 17.6. The third kappa shape index (κ3) is 3.77. The topological polar surface area (TPSA) is 102 Å². The molecule has 7 nitrogen and oxygen atoms in total. The van der Waals surface area contributed by atoms with Crippen LogP contribution in [-0.4, -0.2) is 23.4 Å². The van der Waals surface area contributed by atoms with Crippen LogP contribution in [0.3, 0.4) is 0 Å². The molecule has 2 N–H and O–H groups in total. The highest BCUT2D eigenvalue weighted by Gasteiger charge is 2.19. The third-order valence-corrected chi connectivity index (χ3v) is 3.63. The number of carbonyl (C=O) groups is 1. The van der Waals surface area contributed by atoms with Crippen LogP contribution in [0.5, 0.6) is 0 Å². The Morgan fingerprint density at radius 1 is 1.32 bits per heavy atom. The maximum Gasteiger partial charge on any atom is 0.334 e. The predicted molar refractivity (Wildman–Crippen MR) is 95.0 cm³/mol. The van der Waals surface area contributed by atoms with E-state index in [0.29, 0.717) is 23.7 Å². The number of nitrogens with zero attached hydrogens (tertiary/aromatic N) is 4. The first-order valence-electron chi connectivity index (χ1n) is 7.83. The number of esters is 1. The molecule has 7 heteroatoms. The number of amidine groups is 1. The lowest BCUT2D eigenvalue weighted by Crippen LogP contribution is -2.10. The molecular weight excluding hydrogens is 318 g/mol. The van der Waals surface area contributed by atoms with Gasteiger partial charge in [-0.15, -0.1) is 5.11 Å². The summed E-state index contributed by atoms with van der Waals surface area (Å²) in [5, 5.41) is 7.12. The molecule has 1 aromatic carbocycles. The van der Waals surface area contributed by atoms with Gasteiger partial charge in [0.2, 0.25) is 0 Å². The van der Waals surface area contributed by atoms with Crippen molar-refractivity contribution in [2.45, 2.75) is 13.3 Å². The summed E-state index contributed by atoms with van der Waals surface area (Å²) in [6, 6.07) is 11.4. The van der Waals surface area contributed by atoms with Crippen molar-refractivity contribution >= 4 is 23.6 Å². The molecule has 1 aliphatic heterocycles. The summed E-state index contributed by atoms with van der Waals surface area (Å²) < 4.78 is 5.10. The molecule has 0 saturated heterocycles. The zero-order valence-corrected chi connectivity index (χ0v) is 13.7. The van der Waals surface area contributed by atoms with Crippen LogP contribution in [0.4, 0.5) is 5.69 Å². The van der Waals surface area contributed by atoms with E-state index in [9.17, 15) is 4.79 Å². The average Bonchev–Trinajstić information content (AvgIpc) is 2.81. The molecule has 1 aliphatic rings. The van der Waals surface area contributed by atoms with Crippen LogP contribution in [0, 0.1) is 0 Å². The van der Waals surface area contributed by atoms with Gasteiger partial charge >= 0.3 is 5.97 Å². The number of ether oxygens (including phenoxy) is 1. The first-order valence-corrected chi connectivity index (χ1v) is 7.83. The largest absolute Gasteiger partial charge is 0.463 e. The van der Waals surface area contributed by atoms with Crippen molar-refractivity contribution in [2.75, 3.05) is 6.61 Å². The number of hydrogen-bond donors (Lipinski definition) is 1. The first-order chi connectivity index (χ1) is 12.2. The van der Waals surface area contributed by atoms with Crippen LogP contribution < -0.4 is 5.84 Å². The number of fused-ring (bicyclic) bond motifs is 1. The van der Waals surface area contributed by atoms with Crippen LogP contribution >= 0.6 is 0 Å². The Balaban J connectivity index is 2.08. The van der Waals surface area contributed by atoms with Crippen molar-refractivity contribution in [2.24, 2.45) is 21.2 Å². The predicted octanol–water partition coefficient (Wildman–Crippen LogP) is 3.45. The fourth-order valence-corrected chi connectivity index (χ4v) is 2.52. The molecule has 2 heterocycles. The molecule has 0 radical (unpaired) electrons. The minimum absolute atomic E-state index is 0.202. The van der Waals surface area contributed by atoms with E-state index in [1.807, 2.05) is 36.4 Å². The Morgan fingerprint density at radius 3 is 2.92 bits per heavy atom. The van der Waals surface area contributed by atoms with Gasteiger partial charge in [-0.1, -0.05) is 23.4 Å². The molecule has 1 aromatic heterocycles. The molecule has 0 saturated carbocycles. The number of aliphatic imine (C=N–C) groups is 1. The van der Waals surface area contributed by atoms with Gasteiger partial charge in [-0.05, 0) is 31.2 Å². The molecule has 25 heavy (non-hydrogen) atoms. The fraction of sp³-hybridized carbons (Fsp3) is 0.167. The number of benzene rings is 1. The number of aromatic nitrogens is 1. The summed E-state index contributed by atoms with van der Waals surface area (Å²) >= 11 is 0. The monoisotopic (exact) mass is 335 g/mol. The molecule has 0 atom stereocenters. The van der Waals surface area contributed by atoms with Gasteiger partial charge in [-0.25, -0.2) is 9.79 Å². The van der Waals surface area contributed by atoms with Crippen molar-refractivity contribution in [3.05, 3.63) is 53.7 Å². The first kappa shape index (κ1) is 16.5. The zero-order valence-electron chi connectivity index (χ0n) is 13.7.